The molecule has 0 N–H and O–H groups in total. The molecule has 2 aliphatic rings. The zero-order valence-corrected chi connectivity index (χ0v) is 17.4. The van der Waals surface area contributed by atoms with Crippen LogP contribution in [-0.2, 0) is 14.6 Å². The summed E-state index contributed by atoms with van der Waals surface area (Å²) in [6.07, 6.45) is 8.61. The molecule has 1 atom stereocenters. The second-order valence-electron chi connectivity index (χ2n) is 7.84. The molecule has 1 aliphatic carbocycles. The fourth-order valence-corrected chi connectivity index (χ4v) is 7.41. The Morgan fingerprint density at radius 3 is 2.62 bits per heavy atom. The number of nitrogens with zero attached hydrogens (tertiary/aromatic N) is 1. The molecule has 2 heterocycles. The predicted octanol–water partition coefficient (Wildman–Crippen LogP) is 4.43. The average Bonchev–Trinajstić information content (AvgIpc) is 3.11. The molecule has 0 spiro atoms. The topological polar surface area (TPSA) is 54.5 Å². The van der Waals surface area contributed by atoms with Crippen LogP contribution in [0.4, 0.5) is 0 Å². The summed E-state index contributed by atoms with van der Waals surface area (Å²) in [4.78, 5) is 15.7. The van der Waals surface area contributed by atoms with Crippen LogP contribution in [0.5, 0.6) is 0 Å². The summed E-state index contributed by atoms with van der Waals surface area (Å²) in [6.45, 7) is 3.15. The van der Waals surface area contributed by atoms with Gasteiger partial charge in [0, 0.05) is 23.9 Å². The first kappa shape index (κ1) is 19.9. The lowest BCUT2D eigenvalue weighted by atomic mass is 9.79. The van der Waals surface area contributed by atoms with Crippen molar-refractivity contribution in [3.8, 4) is 0 Å². The van der Waals surface area contributed by atoms with Crippen LogP contribution in [0.2, 0.25) is 0 Å². The van der Waals surface area contributed by atoms with E-state index in [0.717, 1.165) is 36.5 Å². The third-order valence-corrected chi connectivity index (χ3v) is 9.32. The maximum atomic E-state index is 13.0. The molecule has 1 aromatic heterocycles. The minimum atomic E-state index is -3.18. The summed E-state index contributed by atoms with van der Waals surface area (Å²) >= 11 is 1.50. The number of unbranched alkanes of at least 4 members (excludes halogenated alkanes) is 1. The minimum absolute atomic E-state index is 0.0904. The van der Waals surface area contributed by atoms with E-state index in [9.17, 15) is 13.2 Å². The van der Waals surface area contributed by atoms with Gasteiger partial charge in [0.15, 0.2) is 9.84 Å². The number of thiophene rings is 1. The summed E-state index contributed by atoms with van der Waals surface area (Å²) in [5.74, 6) is 1.18. The van der Waals surface area contributed by atoms with Crippen molar-refractivity contribution >= 4 is 27.1 Å². The number of rotatable bonds is 5. The standard InChI is InChI=1S/C20H31NO3S2/c1-2-3-5-16-7-9-17(10-8-16)20(22)21-12-11-19(18-6-4-14-25-18)26(23,24)15-13-21/h4,6,14,16-17,19H,2-3,5,7-13,15H2,1H3. The lowest BCUT2D eigenvalue weighted by molar-refractivity contribution is -0.136. The molecule has 3 rings (SSSR count). The summed E-state index contributed by atoms with van der Waals surface area (Å²) in [5.41, 5.74) is 0. The van der Waals surface area contributed by atoms with Crippen molar-refractivity contribution in [3.05, 3.63) is 22.4 Å². The van der Waals surface area contributed by atoms with E-state index in [4.69, 9.17) is 0 Å². The van der Waals surface area contributed by atoms with E-state index in [1.54, 1.807) is 0 Å². The number of hydrogen-bond acceptors (Lipinski definition) is 4. The Kier molecular flexibility index (Phi) is 6.78. The van der Waals surface area contributed by atoms with Gasteiger partial charge in [0.05, 0.1) is 11.0 Å². The zero-order chi connectivity index (χ0) is 18.6. The van der Waals surface area contributed by atoms with Crippen molar-refractivity contribution < 1.29 is 13.2 Å². The molecular formula is C20H31NO3S2. The Morgan fingerprint density at radius 2 is 1.96 bits per heavy atom. The van der Waals surface area contributed by atoms with Crippen LogP contribution in [0.15, 0.2) is 17.5 Å². The average molecular weight is 398 g/mol. The molecular weight excluding hydrogens is 366 g/mol. The summed E-state index contributed by atoms with van der Waals surface area (Å²) in [5, 5.41) is 1.49. The van der Waals surface area contributed by atoms with E-state index < -0.39 is 15.1 Å². The lowest BCUT2D eigenvalue weighted by Gasteiger charge is -2.31. The molecule has 6 heteroatoms. The Labute approximate surface area is 161 Å². The predicted molar refractivity (Wildman–Crippen MR) is 107 cm³/mol. The van der Waals surface area contributed by atoms with Crippen molar-refractivity contribution in [2.75, 3.05) is 18.8 Å². The summed E-state index contributed by atoms with van der Waals surface area (Å²) < 4.78 is 25.3. The van der Waals surface area contributed by atoms with Crippen LogP contribution >= 0.6 is 11.3 Å². The largest absolute Gasteiger partial charge is 0.341 e. The van der Waals surface area contributed by atoms with Gasteiger partial charge in [-0.25, -0.2) is 8.42 Å². The number of sulfone groups is 1. The fourth-order valence-electron chi connectivity index (χ4n) is 4.41. The van der Waals surface area contributed by atoms with E-state index in [1.165, 1.54) is 30.6 Å². The quantitative estimate of drug-likeness (QED) is 0.738. The van der Waals surface area contributed by atoms with E-state index >= 15 is 0 Å². The third kappa shape index (κ3) is 4.69. The highest BCUT2D eigenvalue weighted by Gasteiger charge is 2.35. The maximum absolute atomic E-state index is 13.0. The smallest absolute Gasteiger partial charge is 0.225 e. The first-order chi connectivity index (χ1) is 12.5. The maximum Gasteiger partial charge on any atom is 0.225 e. The Morgan fingerprint density at radius 1 is 1.19 bits per heavy atom. The monoisotopic (exact) mass is 397 g/mol. The van der Waals surface area contributed by atoms with Gasteiger partial charge in [-0.05, 0) is 49.5 Å². The molecule has 1 unspecified atom stereocenters. The van der Waals surface area contributed by atoms with Gasteiger partial charge in [-0.2, -0.15) is 0 Å². The normalized spacial score (nSPS) is 29.3. The van der Waals surface area contributed by atoms with Crippen molar-refractivity contribution in [3.63, 3.8) is 0 Å². The number of carbonyl (C=O) groups excluding carboxylic acids is 1. The highest BCUT2D eigenvalue weighted by Crippen LogP contribution is 2.35. The van der Waals surface area contributed by atoms with Crippen molar-refractivity contribution in [1.29, 1.82) is 0 Å². The van der Waals surface area contributed by atoms with E-state index in [1.807, 2.05) is 22.4 Å². The van der Waals surface area contributed by atoms with Crippen LogP contribution in [0.25, 0.3) is 0 Å². The second-order valence-corrected chi connectivity index (χ2v) is 11.1. The van der Waals surface area contributed by atoms with Gasteiger partial charge >= 0.3 is 0 Å². The van der Waals surface area contributed by atoms with E-state index in [0.29, 0.717) is 19.5 Å². The second kappa shape index (κ2) is 8.87. The molecule has 2 fully saturated rings. The van der Waals surface area contributed by atoms with E-state index in [-0.39, 0.29) is 17.6 Å². The van der Waals surface area contributed by atoms with Crippen molar-refractivity contribution in [2.45, 2.75) is 63.5 Å². The number of hydrogen-bond donors (Lipinski definition) is 0. The van der Waals surface area contributed by atoms with Crippen molar-refractivity contribution in [2.24, 2.45) is 11.8 Å². The number of amides is 1. The van der Waals surface area contributed by atoms with Gasteiger partial charge in [-0.15, -0.1) is 11.3 Å². The first-order valence-electron chi connectivity index (χ1n) is 10.0. The molecule has 1 aliphatic heterocycles. The summed E-state index contributed by atoms with van der Waals surface area (Å²) in [7, 11) is -3.18. The van der Waals surface area contributed by atoms with Gasteiger partial charge in [-0.3, -0.25) is 4.79 Å². The van der Waals surface area contributed by atoms with Crippen LogP contribution in [0.1, 0.15) is 68.4 Å². The van der Waals surface area contributed by atoms with Gasteiger partial charge < -0.3 is 4.90 Å². The Balaban J connectivity index is 1.58. The fraction of sp³-hybridized carbons (Fsp3) is 0.750. The van der Waals surface area contributed by atoms with Gasteiger partial charge in [0.25, 0.3) is 0 Å². The SMILES string of the molecule is CCCCC1CCC(C(=O)N2CCC(c3cccs3)S(=O)(=O)CC2)CC1. The Hall–Kier alpha value is -0.880. The zero-order valence-electron chi connectivity index (χ0n) is 15.7. The van der Waals surface area contributed by atoms with Gasteiger partial charge in [-0.1, -0.05) is 32.3 Å². The van der Waals surface area contributed by atoms with Gasteiger partial charge in [0.2, 0.25) is 5.91 Å². The highest BCUT2D eigenvalue weighted by molar-refractivity contribution is 7.91. The highest BCUT2D eigenvalue weighted by atomic mass is 32.2. The molecule has 1 saturated carbocycles. The van der Waals surface area contributed by atoms with Crippen LogP contribution in [-0.4, -0.2) is 38.1 Å². The minimum Gasteiger partial charge on any atom is -0.341 e. The molecule has 0 aromatic carbocycles. The first-order valence-corrected chi connectivity index (χ1v) is 12.6. The summed E-state index contributed by atoms with van der Waals surface area (Å²) in [6, 6.07) is 3.81. The molecule has 146 valence electrons. The third-order valence-electron chi connectivity index (χ3n) is 6.07. The lowest BCUT2D eigenvalue weighted by Crippen LogP contribution is -2.39. The van der Waals surface area contributed by atoms with Crippen LogP contribution < -0.4 is 0 Å². The van der Waals surface area contributed by atoms with E-state index in [2.05, 4.69) is 6.92 Å². The Bertz CT molecular complexity index is 676. The molecule has 1 amide bonds. The molecule has 26 heavy (non-hydrogen) atoms. The number of carbonyl (C=O) groups is 1. The molecule has 0 bridgehead atoms. The van der Waals surface area contributed by atoms with Crippen LogP contribution in [0, 0.1) is 11.8 Å². The van der Waals surface area contributed by atoms with Crippen molar-refractivity contribution in [1.82, 2.24) is 4.90 Å². The molecule has 4 nitrogen and oxygen atoms in total. The molecule has 1 aromatic rings. The van der Waals surface area contributed by atoms with Gasteiger partial charge in [0.1, 0.15) is 0 Å². The molecule has 1 saturated heterocycles. The van der Waals surface area contributed by atoms with Crippen LogP contribution in [0.3, 0.4) is 0 Å². The molecule has 0 radical (unpaired) electrons.